The number of aryl methyl sites for hydroxylation is 1. The Morgan fingerprint density at radius 2 is 1.63 bits per heavy atom. The van der Waals surface area contributed by atoms with Crippen LogP contribution in [0.3, 0.4) is 0 Å². The number of anilines is 1. The minimum absolute atomic E-state index is 0.0190. The summed E-state index contributed by atoms with van der Waals surface area (Å²) in [6.07, 6.45) is 0. The van der Waals surface area contributed by atoms with Crippen LogP contribution >= 0.6 is 0 Å². The number of aliphatic hydroxyl groups excluding tert-OH is 1. The molecule has 0 unspecified atom stereocenters. The molecular formula is C28H27N5O5. The largest absolute Gasteiger partial charge is 0.505 e. The monoisotopic (exact) mass is 513 g/mol. The van der Waals surface area contributed by atoms with Gasteiger partial charge in [0, 0.05) is 24.1 Å². The number of carbonyl (C=O) groups is 1. The van der Waals surface area contributed by atoms with Gasteiger partial charge in [-0.15, -0.1) is 10.2 Å². The topological polar surface area (TPSA) is 137 Å². The second kappa shape index (κ2) is 11.9. The van der Waals surface area contributed by atoms with E-state index in [-0.39, 0.29) is 24.9 Å². The van der Waals surface area contributed by atoms with Gasteiger partial charge in [-0.3, -0.25) is 4.79 Å². The molecule has 0 aromatic heterocycles. The number of carbonyl (C=O) groups excluding carboxylic acids is 1. The molecule has 10 nitrogen and oxygen atoms in total. The molecule has 4 aromatic carbocycles. The smallest absolute Gasteiger partial charge is 0.221 e. The third kappa shape index (κ3) is 6.29. The Hall–Kier alpha value is -4.83. The zero-order valence-corrected chi connectivity index (χ0v) is 21.2. The van der Waals surface area contributed by atoms with Crippen LogP contribution in [-0.4, -0.2) is 36.4 Å². The summed E-state index contributed by atoms with van der Waals surface area (Å²) in [5.74, 6) is 0.892. The van der Waals surface area contributed by atoms with Gasteiger partial charge in [-0.1, -0.05) is 6.07 Å². The second-order valence-corrected chi connectivity index (χ2v) is 8.33. The maximum Gasteiger partial charge on any atom is 0.221 e. The molecule has 4 aromatic rings. The molecule has 1 amide bonds. The van der Waals surface area contributed by atoms with Crippen LogP contribution in [0, 0.1) is 6.92 Å². The third-order valence-electron chi connectivity index (χ3n) is 5.52. The Bertz CT molecular complexity index is 1520. The number of amides is 1. The summed E-state index contributed by atoms with van der Waals surface area (Å²) in [6.45, 7) is 3.49. The molecule has 0 saturated carbocycles. The normalized spacial score (nSPS) is 11.4. The molecule has 38 heavy (non-hydrogen) atoms. The fraction of sp³-hybridized carbons (Fsp3) is 0.179. The lowest BCUT2D eigenvalue weighted by atomic mass is 10.1. The number of hydrogen-bond donors (Lipinski definition) is 3. The number of aliphatic hydroxyl groups is 1. The van der Waals surface area contributed by atoms with Gasteiger partial charge in [-0.2, -0.15) is 10.2 Å². The Labute approximate surface area is 219 Å². The van der Waals surface area contributed by atoms with Crippen LogP contribution in [0.15, 0.2) is 87.2 Å². The number of phenols is 1. The number of fused-ring (bicyclic) bond motifs is 1. The van der Waals surface area contributed by atoms with Crippen LogP contribution in [0.25, 0.3) is 10.8 Å². The van der Waals surface area contributed by atoms with Crippen molar-refractivity contribution in [3.8, 4) is 17.2 Å². The predicted octanol–water partition coefficient (Wildman–Crippen LogP) is 7.02. The third-order valence-corrected chi connectivity index (χ3v) is 5.52. The van der Waals surface area contributed by atoms with Crippen molar-refractivity contribution in [3.63, 3.8) is 0 Å². The molecule has 0 bridgehead atoms. The summed E-state index contributed by atoms with van der Waals surface area (Å²) in [5.41, 5.74) is 3.44. The Kier molecular flexibility index (Phi) is 8.24. The summed E-state index contributed by atoms with van der Waals surface area (Å²) in [7, 11) is 1.52. The number of aromatic hydroxyl groups is 1. The van der Waals surface area contributed by atoms with E-state index >= 15 is 0 Å². The van der Waals surface area contributed by atoms with Crippen LogP contribution < -0.4 is 14.8 Å². The number of rotatable bonds is 9. The Balaban J connectivity index is 1.55. The first-order valence-corrected chi connectivity index (χ1v) is 11.8. The van der Waals surface area contributed by atoms with Crippen molar-refractivity contribution < 1.29 is 24.5 Å². The number of hydrogen-bond acceptors (Lipinski definition) is 9. The maximum atomic E-state index is 11.3. The molecule has 0 fully saturated rings. The maximum absolute atomic E-state index is 11.3. The number of nitrogens with one attached hydrogen (secondary N) is 1. The van der Waals surface area contributed by atoms with E-state index in [0.29, 0.717) is 45.3 Å². The van der Waals surface area contributed by atoms with Crippen molar-refractivity contribution in [1.29, 1.82) is 0 Å². The van der Waals surface area contributed by atoms with Crippen molar-refractivity contribution in [3.05, 3.63) is 72.3 Å². The van der Waals surface area contributed by atoms with Crippen molar-refractivity contribution in [2.24, 2.45) is 20.5 Å². The lowest BCUT2D eigenvalue weighted by molar-refractivity contribution is -0.114. The molecule has 3 N–H and O–H groups in total. The van der Waals surface area contributed by atoms with E-state index in [1.165, 1.54) is 14.0 Å². The number of phenolic OH excluding ortho intramolecular Hbond substituents is 1. The highest BCUT2D eigenvalue weighted by Gasteiger charge is 2.11. The van der Waals surface area contributed by atoms with Crippen molar-refractivity contribution >= 4 is 45.1 Å². The molecular weight excluding hydrogens is 486 g/mol. The zero-order valence-electron chi connectivity index (χ0n) is 21.2. The van der Waals surface area contributed by atoms with E-state index in [9.17, 15) is 9.90 Å². The molecule has 0 heterocycles. The van der Waals surface area contributed by atoms with E-state index in [0.717, 1.165) is 10.9 Å². The quantitative estimate of drug-likeness (QED) is 0.206. The Morgan fingerprint density at radius 3 is 2.34 bits per heavy atom. The van der Waals surface area contributed by atoms with E-state index in [1.54, 1.807) is 66.7 Å². The van der Waals surface area contributed by atoms with Gasteiger partial charge < -0.3 is 25.0 Å². The summed E-state index contributed by atoms with van der Waals surface area (Å²) in [6, 6.07) is 19.2. The number of benzene rings is 4. The van der Waals surface area contributed by atoms with E-state index in [2.05, 4.69) is 25.8 Å². The fourth-order valence-electron chi connectivity index (χ4n) is 3.67. The molecule has 10 heteroatoms. The summed E-state index contributed by atoms with van der Waals surface area (Å²) in [5, 5.41) is 40.8. The van der Waals surface area contributed by atoms with Gasteiger partial charge in [0.2, 0.25) is 5.91 Å². The van der Waals surface area contributed by atoms with Gasteiger partial charge in [-0.05, 0) is 72.5 Å². The highest BCUT2D eigenvalue weighted by molar-refractivity contribution is 5.97. The minimum atomic E-state index is -0.171. The van der Waals surface area contributed by atoms with Crippen LogP contribution in [-0.2, 0) is 4.79 Å². The average molecular weight is 514 g/mol. The summed E-state index contributed by atoms with van der Waals surface area (Å²) in [4.78, 5) is 11.3. The van der Waals surface area contributed by atoms with Crippen LogP contribution in [0.1, 0.15) is 12.5 Å². The van der Waals surface area contributed by atoms with Crippen LogP contribution in [0.4, 0.5) is 28.4 Å². The lowest BCUT2D eigenvalue weighted by Gasteiger charge is -2.08. The SMILES string of the molecule is COc1cc(N=Nc2ccc(OCCO)cc2)c(C)cc1N=Nc1ccc2cc(NC(C)=O)ccc2c1O. The molecule has 194 valence electrons. The van der Waals surface area contributed by atoms with Gasteiger partial charge in [0.1, 0.15) is 29.5 Å². The number of methoxy groups -OCH3 is 1. The van der Waals surface area contributed by atoms with Gasteiger partial charge >= 0.3 is 0 Å². The molecule has 0 atom stereocenters. The minimum Gasteiger partial charge on any atom is -0.505 e. The predicted molar refractivity (Wildman–Crippen MR) is 145 cm³/mol. The average Bonchev–Trinajstić information content (AvgIpc) is 2.91. The van der Waals surface area contributed by atoms with Gasteiger partial charge in [-0.25, -0.2) is 0 Å². The standard InChI is InChI=1S/C28H27N5O5/c1-17-14-26(27(37-3)16-25(17)32-30-20-5-8-22(9-6-20)38-13-12-34)33-31-24-11-4-19-15-21(29-18(2)35)7-10-23(19)28(24)36/h4-11,14-16,34,36H,12-13H2,1-3H3,(H,29,35). The van der Waals surface area contributed by atoms with E-state index in [4.69, 9.17) is 14.6 Å². The molecule has 0 aliphatic carbocycles. The molecule has 0 radical (unpaired) electrons. The van der Waals surface area contributed by atoms with E-state index < -0.39 is 0 Å². The van der Waals surface area contributed by atoms with E-state index in [1.807, 2.05) is 6.92 Å². The van der Waals surface area contributed by atoms with Gasteiger partial charge in [0.25, 0.3) is 0 Å². The Morgan fingerprint density at radius 1 is 0.895 bits per heavy atom. The van der Waals surface area contributed by atoms with Gasteiger partial charge in [0.05, 0.1) is 25.1 Å². The zero-order chi connectivity index (χ0) is 27.1. The highest BCUT2D eigenvalue weighted by atomic mass is 16.5. The highest BCUT2D eigenvalue weighted by Crippen LogP contribution is 2.39. The number of azo groups is 2. The fourth-order valence-corrected chi connectivity index (χ4v) is 3.67. The number of ether oxygens (including phenoxy) is 2. The van der Waals surface area contributed by atoms with Crippen molar-refractivity contribution in [2.75, 3.05) is 25.6 Å². The molecule has 4 rings (SSSR count). The molecule has 0 spiro atoms. The van der Waals surface area contributed by atoms with Crippen molar-refractivity contribution in [2.45, 2.75) is 13.8 Å². The van der Waals surface area contributed by atoms with Crippen LogP contribution in [0.2, 0.25) is 0 Å². The first kappa shape index (κ1) is 26.2. The van der Waals surface area contributed by atoms with Crippen LogP contribution in [0.5, 0.6) is 17.2 Å². The molecule has 0 aliphatic heterocycles. The summed E-state index contributed by atoms with van der Waals surface area (Å²) >= 11 is 0. The summed E-state index contributed by atoms with van der Waals surface area (Å²) < 4.78 is 10.8. The second-order valence-electron chi connectivity index (χ2n) is 8.33. The molecule has 0 aliphatic rings. The van der Waals surface area contributed by atoms with Crippen molar-refractivity contribution in [1.82, 2.24) is 0 Å². The molecule has 0 saturated heterocycles. The number of nitrogens with zero attached hydrogens (tertiary/aromatic N) is 4. The first-order chi connectivity index (χ1) is 18.4. The lowest BCUT2D eigenvalue weighted by Crippen LogP contribution is -2.05. The first-order valence-electron chi connectivity index (χ1n) is 11.8. The van der Waals surface area contributed by atoms with Gasteiger partial charge in [0.15, 0.2) is 5.75 Å².